The average Bonchev–Trinajstić information content (AvgIpc) is 2.69. The number of likely N-dealkylation sites (N-methyl/N-ethyl adjacent to an activating group) is 1. The number of carbonyl (C=O) groups excluding carboxylic acids is 1. The van der Waals surface area contributed by atoms with Crippen LogP contribution in [0.15, 0.2) is 36.7 Å². The summed E-state index contributed by atoms with van der Waals surface area (Å²) in [5, 5.41) is 3.97. The van der Waals surface area contributed by atoms with Gasteiger partial charge < -0.3 is 15.1 Å². The Kier molecular flexibility index (Phi) is 6.41. The van der Waals surface area contributed by atoms with Gasteiger partial charge in [0.05, 0.1) is 12.4 Å². The Labute approximate surface area is 159 Å². The molecule has 0 saturated carbocycles. The Morgan fingerprint density at radius 3 is 2.46 bits per heavy atom. The van der Waals surface area contributed by atoms with Gasteiger partial charge in [0.1, 0.15) is 11.5 Å². The third-order valence-corrected chi connectivity index (χ3v) is 4.86. The minimum absolute atomic E-state index is 0.0408. The monoisotopic (exact) mass is 373 g/mol. The number of halogens is 1. The second-order valence-corrected chi connectivity index (χ2v) is 6.75. The summed E-state index contributed by atoms with van der Waals surface area (Å²) >= 11 is 5.89. The number of nitrogens with zero attached hydrogens (tertiary/aromatic N) is 4. The summed E-state index contributed by atoms with van der Waals surface area (Å²) < 4.78 is 0. The predicted octanol–water partition coefficient (Wildman–Crippen LogP) is 2.56. The maximum absolute atomic E-state index is 12.5. The van der Waals surface area contributed by atoms with Gasteiger partial charge >= 0.3 is 0 Å². The number of benzene rings is 1. The van der Waals surface area contributed by atoms with Crippen LogP contribution in [0.25, 0.3) is 0 Å². The summed E-state index contributed by atoms with van der Waals surface area (Å²) in [5.74, 6) is 0.632. The summed E-state index contributed by atoms with van der Waals surface area (Å²) in [4.78, 5) is 25.3. The Hall–Kier alpha value is -2.18. The molecule has 138 valence electrons. The highest BCUT2D eigenvalue weighted by atomic mass is 35.5. The minimum atomic E-state index is -0.0408. The first-order valence-corrected chi connectivity index (χ1v) is 9.35. The number of anilines is 1. The number of amides is 1. The molecule has 2 heterocycles. The molecule has 0 aliphatic carbocycles. The Morgan fingerprint density at radius 2 is 1.85 bits per heavy atom. The van der Waals surface area contributed by atoms with E-state index in [1.165, 1.54) is 5.56 Å². The molecule has 0 radical (unpaired) electrons. The van der Waals surface area contributed by atoms with E-state index >= 15 is 0 Å². The molecule has 0 bridgehead atoms. The van der Waals surface area contributed by atoms with E-state index in [1.807, 2.05) is 29.2 Å². The molecule has 26 heavy (non-hydrogen) atoms. The normalized spacial score (nSPS) is 15.1. The topological polar surface area (TPSA) is 61.4 Å². The first-order valence-electron chi connectivity index (χ1n) is 8.97. The second kappa shape index (κ2) is 8.96. The van der Waals surface area contributed by atoms with Gasteiger partial charge in [-0.15, -0.1) is 0 Å². The van der Waals surface area contributed by atoms with Crippen LogP contribution in [0.2, 0.25) is 5.02 Å². The SMILES string of the molecule is CCN1CCN(C(=O)c2cnc(NCCc3ccc(Cl)cc3)cn2)CC1. The number of hydrogen-bond donors (Lipinski definition) is 1. The number of hydrogen-bond acceptors (Lipinski definition) is 5. The van der Waals surface area contributed by atoms with Crippen LogP contribution >= 0.6 is 11.6 Å². The lowest BCUT2D eigenvalue weighted by Crippen LogP contribution is -2.48. The summed E-state index contributed by atoms with van der Waals surface area (Å²) in [7, 11) is 0. The van der Waals surface area contributed by atoms with Gasteiger partial charge in [-0.2, -0.15) is 0 Å². The summed E-state index contributed by atoms with van der Waals surface area (Å²) in [6.45, 7) is 7.23. The van der Waals surface area contributed by atoms with Crippen LogP contribution in [-0.2, 0) is 6.42 Å². The van der Waals surface area contributed by atoms with Gasteiger partial charge in [0, 0.05) is 37.7 Å². The molecule has 1 aliphatic rings. The zero-order valence-corrected chi connectivity index (χ0v) is 15.7. The molecule has 1 aromatic heterocycles. The maximum Gasteiger partial charge on any atom is 0.274 e. The van der Waals surface area contributed by atoms with Crippen LogP contribution < -0.4 is 5.32 Å². The molecule has 1 fully saturated rings. The van der Waals surface area contributed by atoms with Gasteiger partial charge in [-0.3, -0.25) is 4.79 Å². The van der Waals surface area contributed by atoms with E-state index < -0.39 is 0 Å². The van der Waals surface area contributed by atoms with E-state index in [9.17, 15) is 4.79 Å². The molecular weight excluding hydrogens is 350 g/mol. The third-order valence-electron chi connectivity index (χ3n) is 4.61. The van der Waals surface area contributed by atoms with Gasteiger partial charge in [-0.1, -0.05) is 30.7 Å². The molecule has 1 aromatic carbocycles. The molecule has 7 heteroatoms. The van der Waals surface area contributed by atoms with Crippen LogP contribution in [0.1, 0.15) is 23.0 Å². The predicted molar refractivity (Wildman–Crippen MR) is 104 cm³/mol. The van der Waals surface area contributed by atoms with Crippen LogP contribution in [0.3, 0.4) is 0 Å². The van der Waals surface area contributed by atoms with Crippen molar-refractivity contribution in [3.05, 3.63) is 52.9 Å². The van der Waals surface area contributed by atoms with Crippen molar-refractivity contribution < 1.29 is 4.79 Å². The number of nitrogens with one attached hydrogen (secondary N) is 1. The summed E-state index contributed by atoms with van der Waals surface area (Å²) in [6, 6.07) is 7.79. The van der Waals surface area contributed by atoms with Crippen molar-refractivity contribution in [2.75, 3.05) is 44.6 Å². The standard InChI is InChI=1S/C19H24ClN5O/c1-2-24-9-11-25(12-10-24)19(26)17-13-23-18(14-22-17)21-8-7-15-3-5-16(20)6-4-15/h3-6,13-14H,2,7-12H2,1H3,(H,21,23). The fourth-order valence-corrected chi connectivity index (χ4v) is 3.07. The van der Waals surface area contributed by atoms with Crippen molar-refractivity contribution in [3.63, 3.8) is 0 Å². The largest absolute Gasteiger partial charge is 0.368 e. The Bertz CT molecular complexity index is 712. The molecule has 1 N–H and O–H groups in total. The van der Waals surface area contributed by atoms with Gasteiger partial charge in [-0.05, 0) is 30.7 Å². The maximum atomic E-state index is 12.5. The molecule has 1 saturated heterocycles. The third kappa shape index (κ3) is 4.93. The molecule has 1 amide bonds. The van der Waals surface area contributed by atoms with E-state index in [-0.39, 0.29) is 5.91 Å². The quantitative estimate of drug-likeness (QED) is 0.843. The molecular formula is C19H24ClN5O. The van der Waals surface area contributed by atoms with Crippen LogP contribution in [-0.4, -0.2) is 64.9 Å². The number of piperazine rings is 1. The van der Waals surface area contributed by atoms with E-state index in [1.54, 1.807) is 12.4 Å². The van der Waals surface area contributed by atoms with Crippen molar-refractivity contribution in [1.29, 1.82) is 0 Å². The highest BCUT2D eigenvalue weighted by molar-refractivity contribution is 6.30. The van der Waals surface area contributed by atoms with Crippen molar-refractivity contribution >= 4 is 23.3 Å². The highest BCUT2D eigenvalue weighted by Crippen LogP contribution is 2.11. The smallest absolute Gasteiger partial charge is 0.274 e. The van der Waals surface area contributed by atoms with Crippen molar-refractivity contribution in [3.8, 4) is 0 Å². The van der Waals surface area contributed by atoms with Gasteiger partial charge in [0.15, 0.2) is 0 Å². The number of carbonyl (C=O) groups is 1. The molecule has 6 nitrogen and oxygen atoms in total. The summed E-state index contributed by atoms with van der Waals surface area (Å²) in [5.41, 5.74) is 1.60. The van der Waals surface area contributed by atoms with Gasteiger partial charge in [-0.25, -0.2) is 9.97 Å². The van der Waals surface area contributed by atoms with E-state index in [0.717, 1.165) is 50.7 Å². The van der Waals surface area contributed by atoms with E-state index in [2.05, 4.69) is 27.1 Å². The zero-order chi connectivity index (χ0) is 18.4. The average molecular weight is 374 g/mol. The first kappa shape index (κ1) is 18.6. The van der Waals surface area contributed by atoms with Crippen LogP contribution in [0.4, 0.5) is 5.82 Å². The minimum Gasteiger partial charge on any atom is -0.368 e. The van der Waals surface area contributed by atoms with Crippen LogP contribution in [0, 0.1) is 0 Å². The molecule has 2 aromatic rings. The van der Waals surface area contributed by atoms with Gasteiger partial charge in [0.2, 0.25) is 0 Å². The summed E-state index contributed by atoms with van der Waals surface area (Å²) in [6.07, 6.45) is 4.04. The van der Waals surface area contributed by atoms with Crippen molar-refractivity contribution in [1.82, 2.24) is 19.8 Å². The molecule has 3 rings (SSSR count). The van der Waals surface area contributed by atoms with Crippen molar-refractivity contribution in [2.24, 2.45) is 0 Å². The van der Waals surface area contributed by atoms with E-state index in [4.69, 9.17) is 11.6 Å². The molecule has 1 aliphatic heterocycles. The highest BCUT2D eigenvalue weighted by Gasteiger charge is 2.22. The molecule has 0 atom stereocenters. The fourth-order valence-electron chi connectivity index (χ4n) is 2.94. The lowest BCUT2D eigenvalue weighted by atomic mass is 10.1. The lowest BCUT2D eigenvalue weighted by molar-refractivity contribution is 0.0637. The van der Waals surface area contributed by atoms with E-state index in [0.29, 0.717) is 11.5 Å². The zero-order valence-electron chi connectivity index (χ0n) is 15.0. The first-order chi connectivity index (χ1) is 12.7. The number of aromatic nitrogens is 2. The lowest BCUT2D eigenvalue weighted by Gasteiger charge is -2.33. The number of rotatable bonds is 6. The Morgan fingerprint density at radius 1 is 1.12 bits per heavy atom. The van der Waals surface area contributed by atoms with Crippen molar-refractivity contribution in [2.45, 2.75) is 13.3 Å². The fraction of sp³-hybridized carbons (Fsp3) is 0.421. The Balaban J connectivity index is 1.48. The second-order valence-electron chi connectivity index (χ2n) is 6.32. The van der Waals surface area contributed by atoms with Crippen LogP contribution in [0.5, 0.6) is 0 Å². The molecule has 0 spiro atoms. The van der Waals surface area contributed by atoms with Gasteiger partial charge in [0.25, 0.3) is 5.91 Å². The molecule has 0 unspecified atom stereocenters.